The molecule has 0 bridgehead atoms. The summed E-state index contributed by atoms with van der Waals surface area (Å²) >= 11 is 0. The van der Waals surface area contributed by atoms with Crippen LogP contribution in [0.25, 0.3) is 0 Å². The second-order valence-corrected chi connectivity index (χ2v) is 4.50. The predicted octanol–water partition coefficient (Wildman–Crippen LogP) is 2.30. The van der Waals surface area contributed by atoms with Gasteiger partial charge in [0.05, 0.1) is 11.1 Å². The number of hydrogen-bond donors (Lipinski definition) is 2. The number of hydrogen-bond acceptors (Lipinski definition) is 5. The first-order valence-electron chi connectivity index (χ1n) is 6.60. The number of halogens is 1. The van der Waals surface area contributed by atoms with Crippen LogP contribution in [0.15, 0.2) is 53.6 Å². The van der Waals surface area contributed by atoms with Crippen LogP contribution in [-0.4, -0.2) is 23.6 Å². The van der Waals surface area contributed by atoms with Crippen molar-refractivity contribution in [1.29, 1.82) is 0 Å². The summed E-state index contributed by atoms with van der Waals surface area (Å²) in [6.07, 6.45) is 1.44. The highest BCUT2D eigenvalue weighted by Crippen LogP contribution is 2.16. The maximum Gasteiger partial charge on any atom is 0.271 e. The van der Waals surface area contributed by atoms with E-state index >= 15 is 0 Å². The minimum Gasteiger partial charge on any atom is -0.324 e. The second-order valence-electron chi connectivity index (χ2n) is 4.50. The lowest BCUT2D eigenvalue weighted by atomic mass is 10.2. The molecule has 7 nitrogen and oxygen atoms in total. The molecule has 0 saturated heterocycles. The molecule has 0 atom stereocenters. The molecule has 2 aromatic rings. The van der Waals surface area contributed by atoms with Crippen LogP contribution in [0, 0.1) is 15.9 Å². The topological polar surface area (TPSA) is 96.6 Å². The van der Waals surface area contributed by atoms with E-state index in [1.54, 1.807) is 18.2 Å². The lowest BCUT2D eigenvalue weighted by Crippen LogP contribution is -2.24. The Morgan fingerprint density at radius 2 is 2.00 bits per heavy atom. The first kappa shape index (κ1) is 16.1. The number of benzene rings is 2. The molecule has 0 aliphatic heterocycles. The van der Waals surface area contributed by atoms with E-state index in [0.29, 0.717) is 11.3 Å². The van der Waals surface area contributed by atoms with Gasteiger partial charge in [0.15, 0.2) is 0 Å². The summed E-state index contributed by atoms with van der Waals surface area (Å²) < 4.78 is 12.7. The number of carbonyl (C=O) groups is 1. The summed E-state index contributed by atoms with van der Waals surface area (Å²) in [5.41, 5.74) is 3.44. The number of non-ortho nitro benzene ring substituents is 1. The molecule has 0 unspecified atom stereocenters. The van der Waals surface area contributed by atoms with Crippen molar-refractivity contribution >= 4 is 23.5 Å². The first-order valence-corrected chi connectivity index (χ1v) is 6.60. The Bertz CT molecular complexity index is 732. The minimum atomic E-state index is -0.541. The number of rotatable bonds is 6. The van der Waals surface area contributed by atoms with Crippen LogP contribution < -0.4 is 10.7 Å². The zero-order valence-electron chi connectivity index (χ0n) is 11.9. The van der Waals surface area contributed by atoms with Crippen LogP contribution in [0.1, 0.15) is 5.56 Å². The summed E-state index contributed by atoms with van der Waals surface area (Å²) in [5.74, 6) is -0.742. The normalized spacial score (nSPS) is 10.5. The van der Waals surface area contributed by atoms with Crippen molar-refractivity contribution in [3.05, 3.63) is 70.0 Å². The average Bonchev–Trinajstić information content (AvgIpc) is 2.53. The van der Waals surface area contributed by atoms with Gasteiger partial charge in [-0.2, -0.15) is 5.10 Å². The van der Waals surface area contributed by atoms with Gasteiger partial charge in [0, 0.05) is 17.8 Å². The Balaban J connectivity index is 1.82. The van der Waals surface area contributed by atoms with Crippen LogP contribution in [0.3, 0.4) is 0 Å². The van der Waals surface area contributed by atoms with E-state index in [2.05, 4.69) is 15.8 Å². The zero-order chi connectivity index (χ0) is 16.7. The van der Waals surface area contributed by atoms with Crippen molar-refractivity contribution in [3.63, 3.8) is 0 Å². The Labute approximate surface area is 131 Å². The molecule has 0 aromatic heterocycles. The van der Waals surface area contributed by atoms with Gasteiger partial charge in [0.2, 0.25) is 5.91 Å². The van der Waals surface area contributed by atoms with Gasteiger partial charge < -0.3 is 10.7 Å². The van der Waals surface area contributed by atoms with Crippen LogP contribution in [0.5, 0.6) is 0 Å². The van der Waals surface area contributed by atoms with Gasteiger partial charge in [0.25, 0.3) is 5.69 Å². The molecule has 118 valence electrons. The number of nitro groups is 1. The first-order chi connectivity index (χ1) is 11.0. The van der Waals surface area contributed by atoms with Gasteiger partial charge in [0.1, 0.15) is 12.4 Å². The third-order valence-electron chi connectivity index (χ3n) is 2.76. The van der Waals surface area contributed by atoms with Gasteiger partial charge in [-0.05, 0) is 23.8 Å². The molecule has 2 aromatic carbocycles. The molecule has 0 spiro atoms. The van der Waals surface area contributed by atoms with E-state index in [-0.39, 0.29) is 18.0 Å². The van der Waals surface area contributed by atoms with Crippen LogP contribution in [0.4, 0.5) is 15.8 Å². The Kier molecular flexibility index (Phi) is 5.35. The van der Waals surface area contributed by atoms with E-state index in [4.69, 9.17) is 0 Å². The molecule has 0 saturated carbocycles. The lowest BCUT2D eigenvalue weighted by Gasteiger charge is -2.04. The molecule has 0 heterocycles. The van der Waals surface area contributed by atoms with E-state index in [0.717, 1.165) is 0 Å². The van der Waals surface area contributed by atoms with E-state index in [1.165, 1.54) is 36.5 Å². The number of nitro benzene ring substituents is 1. The summed E-state index contributed by atoms with van der Waals surface area (Å²) in [7, 11) is 0. The molecule has 23 heavy (non-hydrogen) atoms. The van der Waals surface area contributed by atoms with Crippen molar-refractivity contribution in [2.75, 3.05) is 11.9 Å². The van der Waals surface area contributed by atoms with Crippen molar-refractivity contribution < 1.29 is 14.1 Å². The number of hydrazone groups is 1. The fourth-order valence-electron chi connectivity index (χ4n) is 1.69. The zero-order valence-corrected chi connectivity index (χ0v) is 11.9. The Morgan fingerprint density at radius 1 is 1.26 bits per heavy atom. The molecule has 8 heteroatoms. The van der Waals surface area contributed by atoms with Crippen molar-refractivity contribution in [3.8, 4) is 0 Å². The van der Waals surface area contributed by atoms with Crippen molar-refractivity contribution in [1.82, 2.24) is 5.43 Å². The van der Waals surface area contributed by atoms with E-state index in [9.17, 15) is 19.3 Å². The van der Waals surface area contributed by atoms with Crippen molar-refractivity contribution in [2.24, 2.45) is 5.10 Å². The van der Waals surface area contributed by atoms with Gasteiger partial charge in [-0.3, -0.25) is 14.9 Å². The average molecular weight is 316 g/mol. The smallest absolute Gasteiger partial charge is 0.271 e. The third kappa shape index (κ3) is 5.20. The minimum absolute atomic E-state index is 0.106. The molecule has 2 rings (SSSR count). The van der Waals surface area contributed by atoms with Gasteiger partial charge in [-0.25, -0.2) is 4.39 Å². The highest BCUT2D eigenvalue weighted by Gasteiger charge is 2.07. The van der Waals surface area contributed by atoms with Crippen LogP contribution in [-0.2, 0) is 4.79 Å². The number of carbonyl (C=O) groups excluding carboxylic acids is 1. The largest absolute Gasteiger partial charge is 0.324 e. The SMILES string of the molecule is O=C(CN/N=C/c1ccc(F)cc1)Nc1cccc([N+](=O)[O-])c1. The molecule has 0 aliphatic carbocycles. The summed E-state index contributed by atoms with van der Waals surface area (Å²) in [6.45, 7) is -0.111. The quantitative estimate of drug-likeness (QED) is 0.485. The molecule has 0 aliphatic rings. The third-order valence-corrected chi connectivity index (χ3v) is 2.76. The lowest BCUT2D eigenvalue weighted by molar-refractivity contribution is -0.384. The highest BCUT2D eigenvalue weighted by atomic mass is 19.1. The van der Waals surface area contributed by atoms with Crippen molar-refractivity contribution in [2.45, 2.75) is 0 Å². The molecular weight excluding hydrogens is 303 g/mol. The summed E-state index contributed by atoms with van der Waals surface area (Å²) in [4.78, 5) is 21.8. The van der Waals surface area contributed by atoms with E-state index < -0.39 is 10.8 Å². The van der Waals surface area contributed by atoms with Gasteiger partial charge in [-0.15, -0.1) is 0 Å². The number of anilines is 1. The van der Waals surface area contributed by atoms with Crippen LogP contribution >= 0.6 is 0 Å². The molecule has 0 fully saturated rings. The standard InChI is InChI=1S/C15H13FN4O3/c16-12-6-4-11(5-7-12)9-17-18-10-15(21)19-13-2-1-3-14(8-13)20(22)23/h1-9,18H,10H2,(H,19,21)/b17-9+. The molecule has 1 amide bonds. The summed E-state index contributed by atoms with van der Waals surface area (Å²) in [6, 6.07) is 11.3. The molecular formula is C15H13FN4O3. The maximum absolute atomic E-state index is 12.7. The summed E-state index contributed by atoms with van der Waals surface area (Å²) in [5, 5.41) is 17.0. The van der Waals surface area contributed by atoms with Gasteiger partial charge >= 0.3 is 0 Å². The highest BCUT2D eigenvalue weighted by molar-refractivity contribution is 5.92. The van der Waals surface area contributed by atoms with Gasteiger partial charge in [-0.1, -0.05) is 18.2 Å². The van der Waals surface area contributed by atoms with E-state index in [1.807, 2.05) is 0 Å². The predicted molar refractivity (Wildman–Crippen MR) is 83.7 cm³/mol. The fraction of sp³-hybridized carbons (Fsp3) is 0.0667. The second kappa shape index (κ2) is 7.64. The van der Waals surface area contributed by atoms with Crippen LogP contribution in [0.2, 0.25) is 0 Å². The Morgan fingerprint density at radius 3 is 2.70 bits per heavy atom. The Hall–Kier alpha value is -3.29. The molecule has 0 radical (unpaired) electrons. The number of nitrogens with one attached hydrogen (secondary N) is 2. The fourth-order valence-corrected chi connectivity index (χ4v) is 1.69. The number of amides is 1. The molecule has 2 N–H and O–H groups in total. The number of nitrogens with zero attached hydrogens (tertiary/aromatic N) is 2. The maximum atomic E-state index is 12.7. The monoisotopic (exact) mass is 316 g/mol.